The number of nitrogens with one attached hydrogen (secondary N) is 2. The van der Waals surface area contributed by atoms with Crippen molar-refractivity contribution in [2.45, 2.75) is 26.2 Å². The molecule has 4 N–H and O–H groups in total. The molecule has 84 valence electrons. The molecular weight excluding hydrogens is 228 g/mol. The predicted octanol–water partition coefficient (Wildman–Crippen LogP) is 1.88. The van der Waals surface area contributed by atoms with Crippen molar-refractivity contribution in [3.8, 4) is 0 Å². The first-order valence-corrected chi connectivity index (χ1v) is 6.21. The summed E-state index contributed by atoms with van der Waals surface area (Å²) >= 11 is 6.30. The number of unbranched alkanes of at least 4 members (excludes halogenated alkanes) is 2. The standard InChI is InChI=1S/C9H16N4S2/c1-2-3-4-5-12-13-9-11-6-7(15-9)8(10)14/h6,12H,2-5H2,1H3,(H2,10,14)(H,11,13). The molecule has 0 amide bonds. The molecule has 1 aromatic heterocycles. The van der Waals surface area contributed by atoms with E-state index in [0.717, 1.165) is 23.0 Å². The van der Waals surface area contributed by atoms with Crippen molar-refractivity contribution in [3.63, 3.8) is 0 Å². The summed E-state index contributed by atoms with van der Waals surface area (Å²) in [6.07, 6.45) is 5.31. The van der Waals surface area contributed by atoms with E-state index in [1.165, 1.54) is 24.2 Å². The summed E-state index contributed by atoms with van der Waals surface area (Å²) in [4.78, 5) is 5.36. The smallest absolute Gasteiger partial charge is 0.197 e. The fourth-order valence-electron chi connectivity index (χ4n) is 1.05. The number of aromatic nitrogens is 1. The van der Waals surface area contributed by atoms with E-state index in [-0.39, 0.29) is 0 Å². The summed E-state index contributed by atoms with van der Waals surface area (Å²) in [7, 11) is 0. The molecule has 0 unspecified atom stereocenters. The van der Waals surface area contributed by atoms with Gasteiger partial charge >= 0.3 is 0 Å². The Morgan fingerprint density at radius 1 is 1.60 bits per heavy atom. The van der Waals surface area contributed by atoms with Crippen LogP contribution in [0.25, 0.3) is 0 Å². The number of hydrogen-bond acceptors (Lipinski definition) is 5. The van der Waals surface area contributed by atoms with E-state index in [4.69, 9.17) is 18.0 Å². The van der Waals surface area contributed by atoms with E-state index in [1.807, 2.05) is 0 Å². The minimum atomic E-state index is 0.395. The second kappa shape index (κ2) is 6.71. The third-order valence-corrected chi connectivity index (χ3v) is 3.14. The van der Waals surface area contributed by atoms with Crippen molar-refractivity contribution in [2.75, 3.05) is 12.0 Å². The van der Waals surface area contributed by atoms with Crippen LogP contribution in [0, 0.1) is 0 Å². The van der Waals surface area contributed by atoms with Crippen LogP contribution in [-0.2, 0) is 0 Å². The average molecular weight is 244 g/mol. The Labute approximate surface area is 99.2 Å². The van der Waals surface area contributed by atoms with Crippen LogP contribution in [0.2, 0.25) is 0 Å². The number of hydrogen-bond donors (Lipinski definition) is 3. The van der Waals surface area contributed by atoms with Crippen LogP contribution in [0.1, 0.15) is 31.1 Å². The molecule has 6 heteroatoms. The lowest BCUT2D eigenvalue weighted by Crippen LogP contribution is -2.22. The maximum atomic E-state index is 5.48. The maximum absolute atomic E-state index is 5.48. The van der Waals surface area contributed by atoms with Gasteiger partial charge in [-0.15, -0.1) is 0 Å². The summed E-state index contributed by atoms with van der Waals surface area (Å²) in [6, 6.07) is 0. The predicted molar refractivity (Wildman–Crippen MR) is 69.2 cm³/mol. The van der Waals surface area contributed by atoms with Crippen molar-refractivity contribution >= 4 is 33.7 Å². The summed E-state index contributed by atoms with van der Waals surface area (Å²) in [5.74, 6) is 0. The highest BCUT2D eigenvalue weighted by atomic mass is 32.1. The van der Waals surface area contributed by atoms with Crippen molar-refractivity contribution in [1.82, 2.24) is 10.4 Å². The largest absolute Gasteiger partial charge is 0.389 e. The summed E-state index contributed by atoms with van der Waals surface area (Å²) < 4.78 is 0. The Balaban J connectivity index is 2.23. The van der Waals surface area contributed by atoms with Crippen LogP contribution in [-0.4, -0.2) is 16.5 Å². The van der Waals surface area contributed by atoms with E-state index >= 15 is 0 Å². The van der Waals surface area contributed by atoms with Gasteiger partial charge in [-0.05, 0) is 6.42 Å². The van der Waals surface area contributed by atoms with E-state index in [9.17, 15) is 0 Å². The van der Waals surface area contributed by atoms with Crippen molar-refractivity contribution in [1.29, 1.82) is 0 Å². The second-order valence-corrected chi connectivity index (χ2v) is 4.62. The van der Waals surface area contributed by atoms with E-state index < -0.39 is 0 Å². The summed E-state index contributed by atoms with van der Waals surface area (Å²) in [5.41, 5.74) is 11.6. The van der Waals surface area contributed by atoms with Gasteiger partial charge in [0.25, 0.3) is 0 Å². The van der Waals surface area contributed by atoms with Gasteiger partial charge < -0.3 is 5.73 Å². The minimum absolute atomic E-state index is 0.395. The number of thiazole rings is 1. The molecule has 0 bridgehead atoms. The maximum Gasteiger partial charge on any atom is 0.197 e. The number of anilines is 1. The number of hydrazine groups is 1. The number of rotatable bonds is 7. The Kier molecular flexibility index (Phi) is 5.52. The molecule has 0 aromatic carbocycles. The van der Waals surface area contributed by atoms with Crippen molar-refractivity contribution < 1.29 is 0 Å². The normalized spacial score (nSPS) is 10.2. The molecule has 0 saturated carbocycles. The lowest BCUT2D eigenvalue weighted by atomic mass is 10.3. The number of nitrogens with zero attached hydrogens (tertiary/aromatic N) is 1. The Hall–Kier alpha value is -0.720. The first-order chi connectivity index (χ1) is 7.24. The highest BCUT2D eigenvalue weighted by Crippen LogP contribution is 2.16. The lowest BCUT2D eigenvalue weighted by Gasteiger charge is -2.03. The molecule has 0 radical (unpaired) electrons. The monoisotopic (exact) mass is 244 g/mol. The van der Waals surface area contributed by atoms with Gasteiger partial charge in [-0.1, -0.05) is 43.3 Å². The van der Waals surface area contributed by atoms with Gasteiger partial charge in [0.15, 0.2) is 5.13 Å². The molecule has 0 aliphatic rings. The zero-order valence-corrected chi connectivity index (χ0v) is 10.4. The van der Waals surface area contributed by atoms with Crippen LogP contribution >= 0.6 is 23.6 Å². The highest BCUT2D eigenvalue weighted by Gasteiger charge is 2.02. The van der Waals surface area contributed by atoms with Crippen molar-refractivity contribution in [3.05, 3.63) is 11.1 Å². The molecule has 0 spiro atoms. The van der Waals surface area contributed by atoms with Crippen LogP contribution in [0.5, 0.6) is 0 Å². The van der Waals surface area contributed by atoms with Gasteiger partial charge in [0.05, 0.1) is 11.1 Å². The zero-order chi connectivity index (χ0) is 11.1. The fraction of sp³-hybridized carbons (Fsp3) is 0.556. The molecule has 1 aromatic rings. The molecule has 0 saturated heterocycles. The van der Waals surface area contributed by atoms with E-state index in [1.54, 1.807) is 6.20 Å². The average Bonchev–Trinajstić information content (AvgIpc) is 2.66. The highest BCUT2D eigenvalue weighted by molar-refractivity contribution is 7.81. The SMILES string of the molecule is CCCCCNNc1ncc(C(N)=S)s1. The Morgan fingerprint density at radius 2 is 2.40 bits per heavy atom. The Bertz CT molecular complexity index is 311. The third kappa shape index (κ3) is 4.55. The number of nitrogens with two attached hydrogens (primary N) is 1. The quantitative estimate of drug-likeness (QED) is 0.388. The van der Waals surface area contributed by atoms with Gasteiger partial charge in [-0.25, -0.2) is 10.4 Å². The van der Waals surface area contributed by atoms with E-state index in [2.05, 4.69) is 22.8 Å². The fourth-order valence-corrected chi connectivity index (χ4v) is 1.87. The van der Waals surface area contributed by atoms with Crippen LogP contribution in [0.3, 0.4) is 0 Å². The Morgan fingerprint density at radius 3 is 3.00 bits per heavy atom. The van der Waals surface area contributed by atoms with Gasteiger partial charge in [0, 0.05) is 6.54 Å². The second-order valence-electron chi connectivity index (χ2n) is 3.15. The molecule has 0 fully saturated rings. The molecule has 0 aliphatic carbocycles. The van der Waals surface area contributed by atoms with Crippen LogP contribution in [0.4, 0.5) is 5.13 Å². The van der Waals surface area contributed by atoms with E-state index in [0.29, 0.717) is 4.99 Å². The number of thiocarbonyl (C=S) groups is 1. The summed E-state index contributed by atoms with van der Waals surface area (Å²) in [6.45, 7) is 3.12. The first-order valence-electron chi connectivity index (χ1n) is 4.98. The molecule has 0 aliphatic heterocycles. The van der Waals surface area contributed by atoms with Crippen LogP contribution in [0.15, 0.2) is 6.20 Å². The molecule has 0 atom stereocenters. The van der Waals surface area contributed by atoms with Gasteiger partial charge in [0.2, 0.25) is 0 Å². The zero-order valence-electron chi connectivity index (χ0n) is 8.75. The first kappa shape index (κ1) is 12.4. The minimum Gasteiger partial charge on any atom is -0.389 e. The molecular formula is C9H16N4S2. The van der Waals surface area contributed by atoms with Gasteiger partial charge in [-0.2, -0.15) is 0 Å². The molecule has 15 heavy (non-hydrogen) atoms. The van der Waals surface area contributed by atoms with Gasteiger partial charge in [0.1, 0.15) is 4.99 Å². The van der Waals surface area contributed by atoms with Gasteiger partial charge in [-0.3, -0.25) is 5.43 Å². The molecule has 1 heterocycles. The lowest BCUT2D eigenvalue weighted by molar-refractivity contribution is 0.662. The molecule has 1 rings (SSSR count). The van der Waals surface area contributed by atoms with Crippen LogP contribution < -0.4 is 16.6 Å². The summed E-state index contributed by atoms with van der Waals surface area (Å²) in [5, 5.41) is 0.800. The molecule has 4 nitrogen and oxygen atoms in total. The van der Waals surface area contributed by atoms with Crippen molar-refractivity contribution in [2.24, 2.45) is 5.73 Å². The third-order valence-electron chi connectivity index (χ3n) is 1.85. The topological polar surface area (TPSA) is 63.0 Å².